The van der Waals surface area contributed by atoms with Gasteiger partial charge >= 0.3 is 0 Å². The number of carbonyl (C=O) groups excluding carboxylic acids is 1. The molecular formula is C8H13BrN2O2. The van der Waals surface area contributed by atoms with E-state index in [0.717, 1.165) is 17.3 Å². The number of unbranched alkanes of at least 4 members (excludes halogenated alkanes) is 1. The predicted octanol–water partition coefficient (Wildman–Crippen LogP) is 1.69. The van der Waals surface area contributed by atoms with Crippen molar-refractivity contribution in [3.63, 3.8) is 0 Å². The van der Waals surface area contributed by atoms with E-state index in [4.69, 9.17) is 4.84 Å². The number of hydrogen-bond donors (Lipinski definition) is 1. The molecule has 1 rings (SSSR count). The molecule has 1 aliphatic heterocycles. The lowest BCUT2D eigenvalue weighted by molar-refractivity contribution is -0.174. The smallest absolute Gasteiger partial charge is 0.245 e. The standard InChI is InChI=1S/C8H13BrN2O2/c1-2-3-4-13-11-6-7(9)5-8(12)10-11/h6H,2-5H2,1H3,(H,10,12). The van der Waals surface area contributed by atoms with Crippen LogP contribution in [0, 0.1) is 0 Å². The van der Waals surface area contributed by atoms with Crippen molar-refractivity contribution in [2.75, 3.05) is 6.61 Å². The molecule has 0 spiro atoms. The minimum absolute atomic E-state index is 0.0640. The van der Waals surface area contributed by atoms with Crippen molar-refractivity contribution < 1.29 is 9.63 Å². The number of nitrogens with zero attached hydrogens (tertiary/aromatic N) is 1. The molecule has 0 atom stereocenters. The molecule has 0 saturated heterocycles. The summed E-state index contributed by atoms with van der Waals surface area (Å²) < 4.78 is 0.827. The molecule has 0 aliphatic carbocycles. The third-order valence-corrected chi connectivity index (χ3v) is 2.04. The summed E-state index contributed by atoms with van der Waals surface area (Å²) in [5.74, 6) is -0.0640. The molecule has 0 bridgehead atoms. The summed E-state index contributed by atoms with van der Waals surface area (Å²) >= 11 is 3.26. The fourth-order valence-electron chi connectivity index (χ4n) is 0.898. The van der Waals surface area contributed by atoms with Gasteiger partial charge in [0.2, 0.25) is 5.91 Å². The average Bonchev–Trinajstić information content (AvgIpc) is 2.03. The third kappa shape index (κ3) is 3.78. The second-order valence-corrected chi connectivity index (χ2v) is 3.82. The normalized spacial score (nSPS) is 16.9. The Kier molecular flexibility index (Phi) is 4.24. The topological polar surface area (TPSA) is 41.6 Å². The summed E-state index contributed by atoms with van der Waals surface area (Å²) in [5, 5.41) is 1.35. The number of nitrogens with one attached hydrogen (secondary N) is 1. The molecular weight excluding hydrogens is 236 g/mol. The van der Waals surface area contributed by atoms with Gasteiger partial charge in [-0.15, -0.1) is 0 Å². The van der Waals surface area contributed by atoms with Gasteiger partial charge in [-0.25, -0.2) is 5.43 Å². The van der Waals surface area contributed by atoms with Crippen LogP contribution in [0.4, 0.5) is 0 Å². The van der Waals surface area contributed by atoms with E-state index in [-0.39, 0.29) is 5.91 Å². The molecule has 4 nitrogen and oxygen atoms in total. The van der Waals surface area contributed by atoms with Crippen LogP contribution in [0.25, 0.3) is 0 Å². The van der Waals surface area contributed by atoms with Crippen molar-refractivity contribution in [2.45, 2.75) is 26.2 Å². The number of amides is 1. The zero-order chi connectivity index (χ0) is 9.68. The zero-order valence-electron chi connectivity index (χ0n) is 7.55. The van der Waals surface area contributed by atoms with Crippen molar-refractivity contribution in [1.82, 2.24) is 10.6 Å². The summed E-state index contributed by atoms with van der Waals surface area (Å²) in [6.07, 6.45) is 4.16. The monoisotopic (exact) mass is 248 g/mol. The molecule has 0 aromatic carbocycles. The van der Waals surface area contributed by atoms with Crippen LogP contribution >= 0.6 is 15.9 Å². The molecule has 0 aromatic rings. The highest BCUT2D eigenvalue weighted by atomic mass is 79.9. The summed E-state index contributed by atoms with van der Waals surface area (Å²) in [6.45, 7) is 2.71. The molecule has 1 heterocycles. The quantitative estimate of drug-likeness (QED) is 0.771. The molecule has 0 aromatic heterocycles. The van der Waals surface area contributed by atoms with Crippen LogP contribution in [-0.2, 0) is 9.63 Å². The lowest BCUT2D eigenvalue weighted by Crippen LogP contribution is -2.41. The Morgan fingerprint density at radius 1 is 1.77 bits per heavy atom. The fourth-order valence-corrected chi connectivity index (χ4v) is 1.34. The SMILES string of the molecule is CCCCON1C=C(Br)CC(=O)N1. The van der Waals surface area contributed by atoms with Crippen molar-refractivity contribution in [1.29, 1.82) is 0 Å². The van der Waals surface area contributed by atoms with Crippen LogP contribution in [0.5, 0.6) is 0 Å². The number of halogens is 1. The Morgan fingerprint density at radius 2 is 2.54 bits per heavy atom. The second kappa shape index (κ2) is 5.24. The lowest BCUT2D eigenvalue weighted by Gasteiger charge is -2.24. The van der Waals surface area contributed by atoms with Crippen LogP contribution in [0.1, 0.15) is 26.2 Å². The summed E-state index contributed by atoms with van der Waals surface area (Å²) in [4.78, 5) is 16.3. The van der Waals surface area contributed by atoms with Gasteiger partial charge in [-0.2, -0.15) is 5.17 Å². The molecule has 0 radical (unpaired) electrons. The van der Waals surface area contributed by atoms with E-state index in [1.165, 1.54) is 5.17 Å². The fraction of sp³-hybridized carbons (Fsp3) is 0.625. The van der Waals surface area contributed by atoms with Crippen LogP contribution in [0.3, 0.4) is 0 Å². The first kappa shape index (κ1) is 10.5. The maximum absolute atomic E-state index is 11.0. The van der Waals surface area contributed by atoms with E-state index in [2.05, 4.69) is 28.3 Å². The Balaban J connectivity index is 2.33. The van der Waals surface area contributed by atoms with E-state index in [1.807, 2.05) is 0 Å². The highest BCUT2D eigenvalue weighted by Gasteiger charge is 2.14. The minimum atomic E-state index is -0.0640. The predicted molar refractivity (Wildman–Crippen MR) is 52.5 cm³/mol. The summed E-state index contributed by atoms with van der Waals surface area (Å²) in [7, 11) is 0. The molecule has 0 fully saturated rings. The largest absolute Gasteiger partial charge is 0.273 e. The van der Waals surface area contributed by atoms with Crippen LogP contribution in [-0.4, -0.2) is 17.7 Å². The molecule has 0 unspecified atom stereocenters. The molecule has 5 heteroatoms. The van der Waals surface area contributed by atoms with Gasteiger partial charge in [-0.3, -0.25) is 9.63 Å². The number of carbonyl (C=O) groups is 1. The van der Waals surface area contributed by atoms with Gasteiger partial charge in [-0.1, -0.05) is 29.3 Å². The average molecular weight is 249 g/mol. The molecule has 1 N–H and O–H groups in total. The summed E-state index contributed by atoms with van der Waals surface area (Å²) in [6, 6.07) is 0. The van der Waals surface area contributed by atoms with Crippen molar-refractivity contribution in [2.24, 2.45) is 0 Å². The van der Waals surface area contributed by atoms with Gasteiger partial charge in [-0.05, 0) is 6.42 Å². The van der Waals surface area contributed by atoms with E-state index in [9.17, 15) is 4.79 Å². The maximum Gasteiger partial charge on any atom is 0.245 e. The molecule has 1 aliphatic rings. The van der Waals surface area contributed by atoms with Gasteiger partial charge in [0.1, 0.15) is 0 Å². The summed E-state index contributed by atoms with van der Waals surface area (Å²) in [5.41, 5.74) is 2.57. The molecule has 74 valence electrons. The number of hydrazine groups is 1. The Morgan fingerprint density at radius 3 is 3.15 bits per heavy atom. The number of hydroxylamine groups is 1. The van der Waals surface area contributed by atoms with Gasteiger partial charge < -0.3 is 0 Å². The number of hydrogen-bond acceptors (Lipinski definition) is 3. The molecule has 1 amide bonds. The van der Waals surface area contributed by atoms with Crippen LogP contribution in [0.15, 0.2) is 10.7 Å². The third-order valence-electron chi connectivity index (χ3n) is 1.55. The van der Waals surface area contributed by atoms with Crippen molar-refractivity contribution in [3.8, 4) is 0 Å². The zero-order valence-corrected chi connectivity index (χ0v) is 9.13. The van der Waals surface area contributed by atoms with Crippen LogP contribution in [0.2, 0.25) is 0 Å². The van der Waals surface area contributed by atoms with Crippen molar-refractivity contribution in [3.05, 3.63) is 10.7 Å². The minimum Gasteiger partial charge on any atom is -0.273 e. The van der Waals surface area contributed by atoms with Gasteiger partial charge in [0, 0.05) is 4.48 Å². The van der Waals surface area contributed by atoms with Gasteiger partial charge in [0.05, 0.1) is 19.2 Å². The van der Waals surface area contributed by atoms with E-state index in [1.54, 1.807) is 6.20 Å². The Hall–Kier alpha value is -0.550. The van der Waals surface area contributed by atoms with E-state index in [0.29, 0.717) is 13.0 Å². The van der Waals surface area contributed by atoms with Crippen LogP contribution < -0.4 is 5.43 Å². The first-order valence-electron chi connectivity index (χ1n) is 4.30. The van der Waals surface area contributed by atoms with Crippen molar-refractivity contribution >= 4 is 21.8 Å². The van der Waals surface area contributed by atoms with Gasteiger partial charge in [0.25, 0.3) is 0 Å². The Labute approximate surface area is 86.0 Å². The van der Waals surface area contributed by atoms with E-state index >= 15 is 0 Å². The first-order valence-corrected chi connectivity index (χ1v) is 5.09. The molecule has 13 heavy (non-hydrogen) atoms. The highest BCUT2D eigenvalue weighted by Crippen LogP contribution is 2.14. The maximum atomic E-state index is 11.0. The first-order chi connectivity index (χ1) is 6.22. The second-order valence-electron chi connectivity index (χ2n) is 2.80. The van der Waals surface area contributed by atoms with Gasteiger partial charge in [0.15, 0.2) is 0 Å². The lowest BCUT2D eigenvalue weighted by atomic mass is 10.4. The van der Waals surface area contributed by atoms with E-state index < -0.39 is 0 Å². The Bertz CT molecular complexity index is 218. The number of rotatable bonds is 4. The molecule has 0 saturated carbocycles. The highest BCUT2D eigenvalue weighted by molar-refractivity contribution is 9.11.